The first-order valence-corrected chi connectivity index (χ1v) is 7.17. The Morgan fingerprint density at radius 3 is 2.96 bits per heavy atom. The Bertz CT molecular complexity index is 720. The van der Waals surface area contributed by atoms with Crippen LogP contribution in [0.2, 0.25) is 0 Å². The summed E-state index contributed by atoms with van der Waals surface area (Å²) in [5.41, 5.74) is -0.670. The highest BCUT2D eigenvalue weighted by atomic mass is 19.4. The first kappa shape index (κ1) is 15.6. The highest BCUT2D eigenvalue weighted by molar-refractivity contribution is 5.92. The Morgan fingerprint density at radius 2 is 2.30 bits per heavy atom. The second-order valence-electron chi connectivity index (χ2n) is 5.63. The maximum Gasteiger partial charge on any atom is 0.434 e. The maximum atomic E-state index is 12.7. The number of hydrogen-bond donors (Lipinski definition) is 1. The molecule has 0 saturated heterocycles. The summed E-state index contributed by atoms with van der Waals surface area (Å²) in [6.07, 6.45) is -2.27. The molecule has 0 radical (unpaired) electrons. The zero-order valence-corrected chi connectivity index (χ0v) is 12.4. The first-order chi connectivity index (χ1) is 10.8. The number of imidazole rings is 1. The Labute approximate surface area is 129 Å². The van der Waals surface area contributed by atoms with Crippen LogP contribution in [0.25, 0.3) is 0 Å². The fourth-order valence-corrected chi connectivity index (χ4v) is 2.62. The molecular formula is C14H15F3N4O2. The molecule has 2 aromatic heterocycles. The smallest absolute Gasteiger partial charge is 0.361 e. The van der Waals surface area contributed by atoms with E-state index in [4.69, 9.17) is 4.52 Å². The van der Waals surface area contributed by atoms with Crippen LogP contribution in [0.3, 0.4) is 0 Å². The molecular weight excluding hydrogens is 313 g/mol. The molecule has 23 heavy (non-hydrogen) atoms. The van der Waals surface area contributed by atoms with Crippen LogP contribution in [0, 0.1) is 12.8 Å². The van der Waals surface area contributed by atoms with Crippen LogP contribution in [0.5, 0.6) is 0 Å². The third kappa shape index (κ3) is 3.38. The number of carbonyl (C=O) groups is 1. The fraction of sp³-hybridized carbons (Fsp3) is 0.500. The number of rotatable bonds is 3. The summed E-state index contributed by atoms with van der Waals surface area (Å²) < 4.78 is 44.3. The molecule has 1 N–H and O–H groups in total. The predicted octanol–water partition coefficient (Wildman–Crippen LogP) is 2.19. The number of aryl methyl sites for hydroxylation is 2. The van der Waals surface area contributed by atoms with Crippen LogP contribution in [0.4, 0.5) is 13.2 Å². The molecule has 1 atom stereocenters. The molecule has 124 valence electrons. The quantitative estimate of drug-likeness (QED) is 0.937. The number of amides is 1. The Morgan fingerprint density at radius 1 is 1.52 bits per heavy atom. The van der Waals surface area contributed by atoms with E-state index in [2.05, 4.69) is 15.5 Å². The molecule has 0 bridgehead atoms. The molecule has 0 aliphatic carbocycles. The third-order valence-corrected chi connectivity index (χ3v) is 3.79. The second-order valence-corrected chi connectivity index (χ2v) is 5.63. The molecule has 2 aromatic rings. The number of fused-ring (bicyclic) bond motifs is 1. The first-order valence-electron chi connectivity index (χ1n) is 7.17. The Hall–Kier alpha value is -2.32. The Kier molecular flexibility index (Phi) is 3.87. The van der Waals surface area contributed by atoms with Crippen molar-refractivity contribution in [2.75, 3.05) is 6.54 Å². The van der Waals surface area contributed by atoms with Crippen molar-refractivity contribution in [1.29, 1.82) is 0 Å². The number of hydrogen-bond acceptors (Lipinski definition) is 4. The van der Waals surface area contributed by atoms with Crippen molar-refractivity contribution >= 4 is 5.91 Å². The molecule has 3 heterocycles. The van der Waals surface area contributed by atoms with Gasteiger partial charge in [0.1, 0.15) is 11.6 Å². The van der Waals surface area contributed by atoms with Crippen molar-refractivity contribution in [2.45, 2.75) is 32.5 Å². The van der Waals surface area contributed by atoms with E-state index in [1.54, 1.807) is 6.92 Å². The number of carbonyl (C=O) groups excluding carboxylic acids is 1. The van der Waals surface area contributed by atoms with Crippen molar-refractivity contribution in [2.24, 2.45) is 5.92 Å². The van der Waals surface area contributed by atoms with Gasteiger partial charge in [-0.25, -0.2) is 4.98 Å². The highest BCUT2D eigenvalue weighted by Crippen LogP contribution is 2.30. The maximum absolute atomic E-state index is 12.7. The summed E-state index contributed by atoms with van der Waals surface area (Å²) in [7, 11) is 0. The van der Waals surface area contributed by atoms with E-state index >= 15 is 0 Å². The van der Waals surface area contributed by atoms with Gasteiger partial charge in [0.05, 0.1) is 0 Å². The Balaban J connectivity index is 1.59. The van der Waals surface area contributed by atoms with Gasteiger partial charge in [0.2, 0.25) is 0 Å². The zero-order chi connectivity index (χ0) is 16.6. The van der Waals surface area contributed by atoms with Crippen molar-refractivity contribution in [1.82, 2.24) is 20.0 Å². The van der Waals surface area contributed by atoms with Gasteiger partial charge in [-0.1, -0.05) is 5.16 Å². The minimum Gasteiger partial charge on any atom is -0.361 e. The van der Waals surface area contributed by atoms with E-state index in [1.165, 1.54) is 10.6 Å². The van der Waals surface area contributed by atoms with Crippen molar-refractivity contribution in [3.05, 3.63) is 35.2 Å². The van der Waals surface area contributed by atoms with Gasteiger partial charge in [-0.05, 0) is 19.3 Å². The van der Waals surface area contributed by atoms with Crippen molar-refractivity contribution < 1.29 is 22.5 Å². The average Bonchev–Trinajstić information content (AvgIpc) is 3.09. The lowest BCUT2D eigenvalue weighted by Gasteiger charge is -2.23. The van der Waals surface area contributed by atoms with Gasteiger partial charge in [0, 0.05) is 31.8 Å². The molecule has 3 rings (SSSR count). The fourth-order valence-electron chi connectivity index (χ4n) is 2.62. The van der Waals surface area contributed by atoms with Gasteiger partial charge in [-0.2, -0.15) is 13.2 Å². The second kappa shape index (κ2) is 5.71. The highest BCUT2D eigenvalue weighted by Gasteiger charge is 2.35. The number of aromatic nitrogens is 3. The van der Waals surface area contributed by atoms with Gasteiger partial charge < -0.3 is 14.4 Å². The predicted molar refractivity (Wildman–Crippen MR) is 72.6 cm³/mol. The minimum atomic E-state index is -4.43. The summed E-state index contributed by atoms with van der Waals surface area (Å²) in [5.74, 6) is 0.673. The minimum absolute atomic E-state index is 0.0507. The van der Waals surface area contributed by atoms with Crippen LogP contribution >= 0.6 is 0 Å². The largest absolute Gasteiger partial charge is 0.434 e. The lowest BCUT2D eigenvalue weighted by Crippen LogP contribution is -2.33. The summed E-state index contributed by atoms with van der Waals surface area (Å²) >= 11 is 0. The SMILES string of the molecule is Cc1cc(C(=O)NC[C@H]2CCc3nc(C(F)(F)F)cn3C2)no1. The molecule has 0 unspecified atom stereocenters. The summed E-state index contributed by atoms with van der Waals surface area (Å²) in [6.45, 7) is 2.45. The van der Waals surface area contributed by atoms with E-state index in [-0.39, 0.29) is 17.5 Å². The van der Waals surface area contributed by atoms with E-state index in [1.807, 2.05) is 0 Å². The van der Waals surface area contributed by atoms with Gasteiger partial charge >= 0.3 is 6.18 Å². The molecule has 1 aliphatic rings. The molecule has 9 heteroatoms. The van der Waals surface area contributed by atoms with Crippen LogP contribution in [0.15, 0.2) is 16.8 Å². The summed E-state index contributed by atoms with van der Waals surface area (Å²) in [4.78, 5) is 15.5. The van der Waals surface area contributed by atoms with Gasteiger partial charge in [0.25, 0.3) is 5.91 Å². The van der Waals surface area contributed by atoms with Crippen molar-refractivity contribution in [3.63, 3.8) is 0 Å². The standard InChI is InChI=1S/C14H15F3N4O2/c1-8-4-10(20-23-8)13(22)18-5-9-2-3-12-19-11(14(15,16)17)7-21(12)6-9/h4,7,9H,2-3,5-6H2,1H3,(H,18,22)/t9-/m1/s1. The number of nitrogens with zero attached hydrogens (tertiary/aromatic N) is 3. The lowest BCUT2D eigenvalue weighted by molar-refractivity contribution is -0.141. The van der Waals surface area contributed by atoms with Crippen molar-refractivity contribution in [3.8, 4) is 0 Å². The van der Waals surface area contributed by atoms with E-state index in [0.717, 1.165) is 6.20 Å². The summed E-state index contributed by atoms with van der Waals surface area (Å²) in [6, 6.07) is 1.53. The van der Waals surface area contributed by atoms with E-state index in [0.29, 0.717) is 37.5 Å². The van der Waals surface area contributed by atoms with Crippen LogP contribution in [0.1, 0.15) is 34.2 Å². The molecule has 0 aromatic carbocycles. The van der Waals surface area contributed by atoms with Crippen LogP contribution < -0.4 is 5.32 Å². The normalized spacial score (nSPS) is 17.8. The van der Waals surface area contributed by atoms with Gasteiger partial charge in [-0.15, -0.1) is 0 Å². The molecule has 6 nitrogen and oxygen atoms in total. The topological polar surface area (TPSA) is 73.0 Å². The molecule has 0 fully saturated rings. The van der Waals surface area contributed by atoms with E-state index in [9.17, 15) is 18.0 Å². The molecule has 0 saturated carbocycles. The molecule has 0 spiro atoms. The lowest BCUT2D eigenvalue weighted by atomic mass is 9.99. The van der Waals surface area contributed by atoms with E-state index < -0.39 is 11.9 Å². The van der Waals surface area contributed by atoms with Gasteiger partial charge in [0.15, 0.2) is 11.4 Å². The third-order valence-electron chi connectivity index (χ3n) is 3.79. The zero-order valence-electron chi connectivity index (χ0n) is 12.4. The summed E-state index contributed by atoms with van der Waals surface area (Å²) in [5, 5.41) is 6.35. The number of alkyl halides is 3. The molecule has 1 amide bonds. The number of nitrogens with one attached hydrogen (secondary N) is 1. The number of halogens is 3. The van der Waals surface area contributed by atoms with Crippen LogP contribution in [-0.2, 0) is 19.1 Å². The molecule has 1 aliphatic heterocycles. The van der Waals surface area contributed by atoms with Crippen LogP contribution in [-0.4, -0.2) is 27.2 Å². The average molecular weight is 328 g/mol. The monoisotopic (exact) mass is 328 g/mol. The van der Waals surface area contributed by atoms with Gasteiger partial charge in [-0.3, -0.25) is 4.79 Å².